The first-order valence-corrected chi connectivity index (χ1v) is 3.63. The second-order valence-electron chi connectivity index (χ2n) is 2.47. The third-order valence-electron chi connectivity index (χ3n) is 1.70. The van der Waals surface area contributed by atoms with E-state index in [1.807, 2.05) is 0 Å². The zero-order valence-electron chi connectivity index (χ0n) is 6.56. The zero-order valence-corrected chi connectivity index (χ0v) is 6.56. The highest BCUT2D eigenvalue weighted by molar-refractivity contribution is 5.77. The Morgan fingerprint density at radius 3 is 3.00 bits per heavy atom. The maximum absolute atomic E-state index is 13.0. The van der Waals surface area contributed by atoms with E-state index in [2.05, 4.69) is 15.3 Å². The maximum atomic E-state index is 13.0. The summed E-state index contributed by atoms with van der Waals surface area (Å²) in [7, 11) is 1.73. The van der Waals surface area contributed by atoms with Gasteiger partial charge < -0.3 is 10.3 Å². The van der Waals surface area contributed by atoms with E-state index in [-0.39, 0.29) is 5.82 Å². The van der Waals surface area contributed by atoms with Crippen molar-refractivity contribution in [1.82, 2.24) is 9.97 Å². The molecule has 0 aliphatic rings. The summed E-state index contributed by atoms with van der Waals surface area (Å²) in [5.74, 6) is 0.278. The average molecular weight is 165 g/mol. The molecular weight excluding hydrogens is 157 g/mol. The fourth-order valence-corrected chi connectivity index (χ4v) is 1.12. The smallest absolute Gasteiger partial charge is 0.201 e. The number of aromatic nitrogens is 2. The van der Waals surface area contributed by atoms with Gasteiger partial charge in [0.05, 0.1) is 5.52 Å². The number of halogens is 1. The molecule has 0 fully saturated rings. The van der Waals surface area contributed by atoms with Gasteiger partial charge in [0.15, 0.2) is 5.82 Å². The maximum Gasteiger partial charge on any atom is 0.201 e. The monoisotopic (exact) mass is 165 g/mol. The van der Waals surface area contributed by atoms with Crippen LogP contribution >= 0.6 is 0 Å². The molecule has 2 aromatic rings. The Bertz CT molecular complexity index is 408. The summed E-state index contributed by atoms with van der Waals surface area (Å²) in [5.41, 5.74) is 1.08. The van der Waals surface area contributed by atoms with Crippen molar-refractivity contribution in [2.45, 2.75) is 0 Å². The molecule has 1 aromatic carbocycles. The third kappa shape index (κ3) is 0.922. The van der Waals surface area contributed by atoms with Crippen LogP contribution in [0.2, 0.25) is 0 Å². The van der Waals surface area contributed by atoms with Crippen LogP contribution in [0.15, 0.2) is 18.2 Å². The van der Waals surface area contributed by atoms with Gasteiger partial charge in [-0.1, -0.05) is 6.07 Å². The molecule has 0 radical (unpaired) electrons. The molecule has 0 aliphatic heterocycles. The number of fused-ring (bicyclic) bond motifs is 1. The van der Waals surface area contributed by atoms with Crippen molar-refractivity contribution in [2.24, 2.45) is 0 Å². The summed E-state index contributed by atoms with van der Waals surface area (Å²) >= 11 is 0. The summed E-state index contributed by atoms with van der Waals surface area (Å²) in [5, 5.41) is 2.81. The lowest BCUT2D eigenvalue weighted by molar-refractivity contribution is 0.637. The first kappa shape index (κ1) is 7.09. The minimum Gasteiger partial charge on any atom is -0.359 e. The van der Waals surface area contributed by atoms with Crippen molar-refractivity contribution in [2.75, 3.05) is 12.4 Å². The molecule has 3 nitrogen and oxygen atoms in total. The van der Waals surface area contributed by atoms with Crippen LogP contribution in [0.3, 0.4) is 0 Å². The topological polar surface area (TPSA) is 40.7 Å². The Balaban J connectivity index is 2.74. The summed E-state index contributed by atoms with van der Waals surface area (Å²) in [6.45, 7) is 0. The van der Waals surface area contributed by atoms with Gasteiger partial charge in [-0.2, -0.15) is 0 Å². The highest BCUT2D eigenvalue weighted by Gasteiger charge is 2.04. The Morgan fingerprint density at radius 1 is 1.50 bits per heavy atom. The van der Waals surface area contributed by atoms with Crippen molar-refractivity contribution in [3.63, 3.8) is 0 Å². The predicted octanol–water partition coefficient (Wildman–Crippen LogP) is 1.74. The van der Waals surface area contributed by atoms with E-state index < -0.39 is 0 Å². The second kappa shape index (κ2) is 2.48. The van der Waals surface area contributed by atoms with E-state index in [1.54, 1.807) is 19.2 Å². The first-order valence-electron chi connectivity index (χ1n) is 3.63. The SMILES string of the molecule is CNc1nc2c(F)cccc2[nH]1. The molecule has 0 spiro atoms. The fourth-order valence-electron chi connectivity index (χ4n) is 1.12. The van der Waals surface area contributed by atoms with Crippen molar-refractivity contribution < 1.29 is 4.39 Å². The molecule has 0 bridgehead atoms. The van der Waals surface area contributed by atoms with Crippen molar-refractivity contribution >= 4 is 17.0 Å². The number of imidazole rings is 1. The summed E-state index contributed by atoms with van der Waals surface area (Å²) in [6.07, 6.45) is 0. The number of hydrogen-bond acceptors (Lipinski definition) is 2. The lowest BCUT2D eigenvalue weighted by Gasteiger charge is -1.86. The van der Waals surface area contributed by atoms with Crippen LogP contribution in [0.4, 0.5) is 10.3 Å². The fraction of sp³-hybridized carbons (Fsp3) is 0.125. The largest absolute Gasteiger partial charge is 0.359 e. The average Bonchev–Trinajstić information content (AvgIpc) is 2.49. The molecule has 12 heavy (non-hydrogen) atoms. The van der Waals surface area contributed by atoms with Gasteiger partial charge in [-0.15, -0.1) is 0 Å². The van der Waals surface area contributed by atoms with Crippen LogP contribution in [-0.2, 0) is 0 Å². The van der Waals surface area contributed by atoms with Crippen LogP contribution in [0.1, 0.15) is 0 Å². The Kier molecular flexibility index (Phi) is 1.46. The van der Waals surface area contributed by atoms with Gasteiger partial charge in [-0.3, -0.25) is 0 Å². The van der Waals surface area contributed by atoms with E-state index in [9.17, 15) is 4.39 Å². The van der Waals surface area contributed by atoms with Gasteiger partial charge in [-0.25, -0.2) is 9.37 Å². The molecule has 1 heterocycles. The van der Waals surface area contributed by atoms with E-state index >= 15 is 0 Å². The molecule has 0 aliphatic carbocycles. The van der Waals surface area contributed by atoms with Gasteiger partial charge in [0, 0.05) is 7.05 Å². The van der Waals surface area contributed by atoms with E-state index in [0.29, 0.717) is 17.0 Å². The summed E-state index contributed by atoms with van der Waals surface area (Å²) in [4.78, 5) is 6.91. The molecule has 0 atom stereocenters. The Hall–Kier alpha value is -1.58. The number of nitrogens with zero attached hydrogens (tertiary/aromatic N) is 1. The Labute approximate surface area is 68.6 Å². The number of rotatable bonds is 1. The normalized spacial score (nSPS) is 10.5. The third-order valence-corrected chi connectivity index (χ3v) is 1.70. The van der Waals surface area contributed by atoms with Gasteiger partial charge in [0.1, 0.15) is 5.52 Å². The number of benzene rings is 1. The molecule has 0 amide bonds. The molecule has 1 aromatic heterocycles. The molecule has 0 saturated heterocycles. The van der Waals surface area contributed by atoms with Crippen LogP contribution in [0.25, 0.3) is 11.0 Å². The number of hydrogen-bond donors (Lipinski definition) is 2. The zero-order chi connectivity index (χ0) is 8.55. The van der Waals surface area contributed by atoms with Gasteiger partial charge in [-0.05, 0) is 12.1 Å². The van der Waals surface area contributed by atoms with Crippen LogP contribution in [0.5, 0.6) is 0 Å². The number of H-pyrrole nitrogens is 1. The highest BCUT2D eigenvalue weighted by Crippen LogP contribution is 2.16. The minimum absolute atomic E-state index is 0.301. The van der Waals surface area contributed by atoms with Crippen LogP contribution in [-0.4, -0.2) is 17.0 Å². The molecule has 62 valence electrons. The van der Waals surface area contributed by atoms with Crippen molar-refractivity contribution in [3.8, 4) is 0 Å². The summed E-state index contributed by atoms with van der Waals surface area (Å²) < 4.78 is 13.0. The van der Waals surface area contributed by atoms with E-state index in [0.717, 1.165) is 0 Å². The number of para-hydroxylation sites is 1. The molecule has 2 rings (SSSR count). The number of aromatic amines is 1. The predicted molar refractivity (Wildman–Crippen MR) is 45.6 cm³/mol. The van der Waals surface area contributed by atoms with Crippen LogP contribution in [0, 0.1) is 5.82 Å². The summed E-state index contributed by atoms with van der Waals surface area (Å²) in [6, 6.07) is 4.82. The molecule has 4 heteroatoms. The molecular formula is C8H8FN3. The van der Waals surface area contributed by atoms with E-state index in [1.165, 1.54) is 6.07 Å². The van der Waals surface area contributed by atoms with Gasteiger partial charge >= 0.3 is 0 Å². The number of nitrogens with one attached hydrogen (secondary N) is 2. The lowest BCUT2D eigenvalue weighted by Crippen LogP contribution is -1.88. The molecule has 0 unspecified atom stereocenters. The second-order valence-corrected chi connectivity index (χ2v) is 2.47. The lowest BCUT2D eigenvalue weighted by atomic mass is 10.3. The standard InChI is InChI=1S/C8H8FN3/c1-10-8-11-6-4-2-3-5(9)7(6)12-8/h2-4H,1H3,(H2,10,11,12). The van der Waals surface area contributed by atoms with Gasteiger partial charge in [0.2, 0.25) is 5.95 Å². The molecule has 2 N–H and O–H groups in total. The van der Waals surface area contributed by atoms with Crippen LogP contribution < -0.4 is 5.32 Å². The Morgan fingerprint density at radius 2 is 2.33 bits per heavy atom. The number of anilines is 1. The van der Waals surface area contributed by atoms with Crippen molar-refractivity contribution in [3.05, 3.63) is 24.0 Å². The van der Waals surface area contributed by atoms with Gasteiger partial charge in [0.25, 0.3) is 0 Å². The highest BCUT2D eigenvalue weighted by atomic mass is 19.1. The van der Waals surface area contributed by atoms with E-state index in [4.69, 9.17) is 0 Å². The first-order chi connectivity index (χ1) is 5.81. The van der Waals surface area contributed by atoms with Crippen molar-refractivity contribution in [1.29, 1.82) is 0 Å². The minimum atomic E-state index is -0.301. The molecule has 0 saturated carbocycles. The quantitative estimate of drug-likeness (QED) is 0.675.